The quantitative estimate of drug-likeness (QED) is 0.479. The van der Waals surface area contributed by atoms with Gasteiger partial charge in [0.15, 0.2) is 0 Å². The summed E-state index contributed by atoms with van der Waals surface area (Å²) in [6.07, 6.45) is 0. The van der Waals surface area contributed by atoms with Crippen molar-refractivity contribution >= 4 is 46.4 Å². The summed E-state index contributed by atoms with van der Waals surface area (Å²) in [5, 5.41) is 25.1. The largest absolute Gasteiger partial charge is 0.496 e. The molecule has 10 atom stereocenters. The molecule has 10 heteroatoms. The van der Waals surface area contributed by atoms with E-state index in [1.165, 1.54) is 28.4 Å². The first-order valence-corrected chi connectivity index (χ1v) is 11.6. The standard InChI is InChI=1S/C21H20Cl4O6/c1-28-7-5-6-8(29-2)10-9(7)15(26)11-12-16(10,27)14-13(15)19(24)17(11,22)18(12,23)20(14,25)21(19,30-3)31-4/h5-6,11-14,26-27H,1-4H3/t11-,12+,13+,14-,15-,16+,17-,18+,19+,20-. The summed E-state index contributed by atoms with van der Waals surface area (Å²) >= 11 is 29.6. The number of hydrogen-bond acceptors (Lipinski definition) is 6. The molecule has 6 nitrogen and oxygen atoms in total. The highest BCUT2D eigenvalue weighted by Gasteiger charge is 3.17. The van der Waals surface area contributed by atoms with E-state index < -0.39 is 60.2 Å². The third-order valence-electron chi connectivity index (χ3n) is 9.77. The highest BCUT2D eigenvalue weighted by atomic mass is 35.5. The highest BCUT2D eigenvalue weighted by molar-refractivity contribution is 6.51. The average molecular weight is 510 g/mol. The molecule has 0 heterocycles. The molecule has 4 bridgehead atoms. The predicted molar refractivity (Wildman–Crippen MR) is 112 cm³/mol. The van der Waals surface area contributed by atoms with Crippen LogP contribution >= 0.6 is 46.4 Å². The van der Waals surface area contributed by atoms with Gasteiger partial charge in [-0.25, -0.2) is 0 Å². The first-order chi connectivity index (χ1) is 14.5. The Morgan fingerprint density at radius 2 is 0.968 bits per heavy atom. The fourth-order valence-corrected chi connectivity index (χ4v) is 12.9. The number of alkyl halides is 4. The zero-order chi connectivity index (χ0) is 22.4. The number of hydrogen-bond donors (Lipinski definition) is 2. The molecule has 7 aliphatic carbocycles. The van der Waals surface area contributed by atoms with Gasteiger partial charge < -0.3 is 29.2 Å². The zero-order valence-electron chi connectivity index (χ0n) is 17.0. The van der Waals surface area contributed by atoms with Crippen LogP contribution in [0, 0.1) is 23.7 Å². The molecular weight excluding hydrogens is 490 g/mol. The van der Waals surface area contributed by atoms with Gasteiger partial charge in [-0.15, -0.1) is 46.4 Å². The van der Waals surface area contributed by atoms with Crippen LogP contribution in [0.15, 0.2) is 12.1 Å². The molecule has 168 valence electrons. The first-order valence-electron chi connectivity index (χ1n) is 10.0. The van der Waals surface area contributed by atoms with Crippen LogP contribution in [0.5, 0.6) is 11.5 Å². The minimum Gasteiger partial charge on any atom is -0.496 e. The molecule has 5 saturated carbocycles. The lowest BCUT2D eigenvalue weighted by molar-refractivity contribution is -0.236. The van der Waals surface area contributed by atoms with Crippen molar-refractivity contribution in [3.8, 4) is 11.5 Å². The number of ether oxygens (including phenoxy) is 4. The van der Waals surface area contributed by atoms with Crippen LogP contribution < -0.4 is 9.47 Å². The normalized spacial score (nSPS) is 59.3. The van der Waals surface area contributed by atoms with Gasteiger partial charge in [0.2, 0.25) is 5.79 Å². The molecule has 2 N–H and O–H groups in total. The fourth-order valence-electron chi connectivity index (χ4n) is 9.48. The lowest BCUT2D eigenvalue weighted by atomic mass is 9.44. The Hall–Kier alpha value is -0.180. The Balaban J connectivity index is 1.71. The van der Waals surface area contributed by atoms with E-state index in [4.69, 9.17) is 65.4 Å². The Bertz CT molecular complexity index is 1030. The summed E-state index contributed by atoms with van der Waals surface area (Å²) < 4.78 is 23.1. The third-order valence-corrected chi connectivity index (χ3v) is 13.3. The van der Waals surface area contributed by atoms with Crippen molar-refractivity contribution in [3.63, 3.8) is 0 Å². The van der Waals surface area contributed by atoms with Crippen LogP contribution in [0.2, 0.25) is 0 Å². The van der Waals surface area contributed by atoms with E-state index in [-0.39, 0.29) is 0 Å². The van der Waals surface area contributed by atoms with E-state index in [1.807, 2.05) is 0 Å². The lowest BCUT2D eigenvalue weighted by Crippen LogP contribution is -2.77. The minimum atomic E-state index is -1.65. The van der Waals surface area contributed by atoms with Crippen LogP contribution in [0.3, 0.4) is 0 Å². The third kappa shape index (κ3) is 1.18. The van der Waals surface area contributed by atoms with Crippen LogP contribution in [0.25, 0.3) is 0 Å². The molecule has 7 aliphatic rings. The summed E-state index contributed by atoms with van der Waals surface area (Å²) in [7, 11) is 5.89. The Kier molecular flexibility index (Phi) is 3.13. The second-order valence-electron chi connectivity index (χ2n) is 9.65. The molecule has 0 spiro atoms. The molecular formula is C21H20Cl4O6. The molecule has 0 aromatic heterocycles. The van der Waals surface area contributed by atoms with Gasteiger partial charge in [0, 0.05) is 49.0 Å². The minimum absolute atomic E-state index is 0.412. The predicted octanol–water partition coefficient (Wildman–Crippen LogP) is 2.52. The van der Waals surface area contributed by atoms with Gasteiger partial charge in [0.1, 0.15) is 32.4 Å². The Labute approximate surface area is 198 Å². The van der Waals surface area contributed by atoms with Crippen molar-refractivity contribution in [2.45, 2.75) is 36.5 Å². The molecule has 0 radical (unpaired) electrons. The maximum atomic E-state index is 12.5. The van der Waals surface area contributed by atoms with E-state index in [0.29, 0.717) is 22.6 Å². The molecule has 0 saturated heterocycles. The summed E-state index contributed by atoms with van der Waals surface area (Å²) in [4.78, 5) is -5.81. The number of benzene rings is 1. The Morgan fingerprint density at radius 3 is 1.26 bits per heavy atom. The van der Waals surface area contributed by atoms with E-state index in [0.717, 1.165) is 0 Å². The number of aliphatic hydroxyl groups is 2. The smallest absolute Gasteiger partial charge is 0.211 e. The van der Waals surface area contributed by atoms with Crippen molar-refractivity contribution in [1.29, 1.82) is 0 Å². The van der Waals surface area contributed by atoms with E-state index in [2.05, 4.69) is 0 Å². The van der Waals surface area contributed by atoms with Gasteiger partial charge in [0.05, 0.1) is 24.0 Å². The molecule has 0 unspecified atom stereocenters. The lowest BCUT2D eigenvalue weighted by Gasteiger charge is -2.67. The van der Waals surface area contributed by atoms with Crippen molar-refractivity contribution in [1.82, 2.24) is 0 Å². The topological polar surface area (TPSA) is 77.4 Å². The summed E-state index contributed by atoms with van der Waals surface area (Å²) in [5.41, 5.74) is -2.30. The summed E-state index contributed by atoms with van der Waals surface area (Å²) in [5.74, 6) is -3.80. The van der Waals surface area contributed by atoms with Crippen LogP contribution in [-0.2, 0) is 20.7 Å². The van der Waals surface area contributed by atoms with Gasteiger partial charge in [0.25, 0.3) is 0 Å². The SMILES string of the molecule is COc1ccc(OC)c2c1[C@@]1(O)[C@H]3[C@H]4[C@]2(O)[C@H]2[C@@H]1[C@]1(Cl)[C@@]2(Cl)[C@]4(Cl)C(OC)(OC)[C@@]31Cl. The van der Waals surface area contributed by atoms with E-state index in [9.17, 15) is 10.2 Å². The summed E-state index contributed by atoms with van der Waals surface area (Å²) in [6, 6.07) is 3.41. The van der Waals surface area contributed by atoms with Crippen molar-refractivity contribution in [2.75, 3.05) is 28.4 Å². The van der Waals surface area contributed by atoms with Crippen LogP contribution in [-0.4, -0.2) is 63.9 Å². The summed E-state index contributed by atoms with van der Waals surface area (Å²) in [6.45, 7) is 0. The first kappa shape index (κ1) is 20.2. The maximum absolute atomic E-state index is 12.5. The van der Waals surface area contributed by atoms with Crippen LogP contribution in [0.4, 0.5) is 0 Å². The fraction of sp³-hybridized carbons (Fsp3) is 0.714. The van der Waals surface area contributed by atoms with E-state index >= 15 is 0 Å². The Morgan fingerprint density at radius 1 is 0.645 bits per heavy atom. The van der Waals surface area contributed by atoms with Gasteiger partial charge >= 0.3 is 0 Å². The van der Waals surface area contributed by atoms with Gasteiger partial charge in [-0.2, -0.15) is 0 Å². The molecule has 5 fully saturated rings. The maximum Gasteiger partial charge on any atom is 0.211 e. The molecule has 31 heavy (non-hydrogen) atoms. The van der Waals surface area contributed by atoms with Crippen LogP contribution in [0.1, 0.15) is 11.1 Å². The number of rotatable bonds is 4. The van der Waals surface area contributed by atoms with Crippen molar-refractivity contribution in [3.05, 3.63) is 23.3 Å². The number of halogens is 4. The monoisotopic (exact) mass is 508 g/mol. The van der Waals surface area contributed by atoms with E-state index in [1.54, 1.807) is 12.1 Å². The van der Waals surface area contributed by atoms with Gasteiger partial charge in [-0.1, -0.05) is 0 Å². The highest BCUT2D eigenvalue weighted by Crippen LogP contribution is 3.04. The van der Waals surface area contributed by atoms with Crippen molar-refractivity contribution in [2.24, 2.45) is 23.7 Å². The van der Waals surface area contributed by atoms with Gasteiger partial charge in [-0.3, -0.25) is 0 Å². The second kappa shape index (κ2) is 4.80. The molecule has 1 aromatic rings. The zero-order valence-corrected chi connectivity index (χ0v) is 20.0. The molecule has 8 rings (SSSR count). The molecule has 0 amide bonds. The molecule has 0 aliphatic heterocycles. The average Bonchev–Trinajstić information content (AvgIpc) is 3.05. The van der Waals surface area contributed by atoms with Gasteiger partial charge in [-0.05, 0) is 12.1 Å². The molecule has 1 aromatic carbocycles. The number of methoxy groups -OCH3 is 4. The van der Waals surface area contributed by atoms with Crippen molar-refractivity contribution < 1.29 is 29.2 Å². The second-order valence-corrected chi connectivity index (χ2v) is 12.0.